The molecule has 5 heterocycles. The molecule has 9 heteroatoms. The molecule has 3 aliphatic heterocycles. The van der Waals surface area contributed by atoms with Crippen molar-refractivity contribution in [1.82, 2.24) is 15.2 Å². The second-order valence-corrected chi connectivity index (χ2v) is 15.8. The van der Waals surface area contributed by atoms with Crippen molar-refractivity contribution in [2.75, 3.05) is 11.9 Å². The molecule has 1 aromatic carbocycles. The Kier molecular flexibility index (Phi) is 5.18. The van der Waals surface area contributed by atoms with Gasteiger partial charge in [-0.05, 0) is 0 Å². The number of para-hydroxylation sites is 1. The van der Waals surface area contributed by atoms with Gasteiger partial charge in [0.2, 0.25) is 0 Å². The number of thiocarbonyl (C=S) groups is 1. The summed E-state index contributed by atoms with van der Waals surface area (Å²) in [6.45, 7) is 0. The van der Waals surface area contributed by atoms with Crippen LogP contribution in [-0.2, 0) is 9.59 Å². The van der Waals surface area contributed by atoms with Crippen LogP contribution >= 0.6 is 12.2 Å². The molecule has 1 N–H and O–H groups in total. The first-order valence-electron chi connectivity index (χ1n) is 11.3. The average molecular weight is 550 g/mol. The number of rotatable bonds is 2. The van der Waals surface area contributed by atoms with Crippen molar-refractivity contribution < 1.29 is 9.59 Å². The summed E-state index contributed by atoms with van der Waals surface area (Å²) < 4.78 is 2.12. The molecule has 6 nitrogen and oxygen atoms in total. The minimum atomic E-state index is -1.81. The number of anilines is 3. The van der Waals surface area contributed by atoms with E-state index in [1.165, 1.54) is 45.9 Å². The Morgan fingerprint density at radius 3 is 2.65 bits per heavy atom. The summed E-state index contributed by atoms with van der Waals surface area (Å²) in [6, 6.07) is 19.9. The van der Waals surface area contributed by atoms with Crippen LogP contribution in [0.2, 0.25) is 12.1 Å². The molecule has 34 heavy (non-hydrogen) atoms. The van der Waals surface area contributed by atoms with Gasteiger partial charge >= 0.3 is 211 Å². The van der Waals surface area contributed by atoms with Gasteiger partial charge in [0.25, 0.3) is 0 Å². The number of carbonyl (C=O) groups is 2. The molecule has 3 aromatic rings. The van der Waals surface area contributed by atoms with Crippen LogP contribution in [0.1, 0.15) is 17.3 Å². The number of aromatic nitrogens is 1. The third-order valence-corrected chi connectivity index (χ3v) is 14.9. The van der Waals surface area contributed by atoms with E-state index in [4.69, 9.17) is 17.2 Å². The van der Waals surface area contributed by atoms with Gasteiger partial charge < -0.3 is 0 Å². The number of carbonyl (C=O) groups excluding carboxylic acids is 2. The summed E-state index contributed by atoms with van der Waals surface area (Å²) >= 11 is 4.96. The van der Waals surface area contributed by atoms with Gasteiger partial charge in [0.1, 0.15) is 0 Å². The van der Waals surface area contributed by atoms with Crippen LogP contribution in [-0.4, -0.2) is 56.4 Å². The zero-order valence-electron chi connectivity index (χ0n) is 18.6. The van der Waals surface area contributed by atoms with E-state index in [1.54, 1.807) is 13.1 Å². The van der Waals surface area contributed by atoms with Crippen molar-refractivity contribution in [2.45, 2.75) is 24.9 Å². The topological polar surface area (TPSA) is 65.5 Å². The Bertz CT molecular complexity index is 1350. The number of hydrogen-bond donors (Lipinski definition) is 1. The van der Waals surface area contributed by atoms with Crippen LogP contribution in [0.3, 0.4) is 0 Å². The Hall–Kier alpha value is -2.84. The second-order valence-electron chi connectivity index (χ2n) is 8.87. The molecule has 2 amide bonds. The van der Waals surface area contributed by atoms with E-state index in [9.17, 15) is 9.59 Å². The van der Waals surface area contributed by atoms with Crippen molar-refractivity contribution in [3.8, 4) is 0 Å². The molecule has 3 aliphatic rings. The first-order valence-corrected chi connectivity index (χ1v) is 15.8. The summed E-state index contributed by atoms with van der Waals surface area (Å²) in [5.74, 6) is 0.243. The van der Waals surface area contributed by atoms with Gasteiger partial charge in [-0.1, -0.05) is 0 Å². The third-order valence-electron chi connectivity index (χ3n) is 7.06. The van der Waals surface area contributed by atoms with E-state index in [0.717, 1.165) is 14.8 Å². The number of nitrogens with one attached hydrogen (secondary N) is 1. The van der Waals surface area contributed by atoms with Crippen molar-refractivity contribution in [3.05, 3.63) is 64.7 Å². The average Bonchev–Trinajstić information content (AvgIpc) is 3.52. The fourth-order valence-corrected chi connectivity index (χ4v) is 13.1. The molecular weight excluding hydrogens is 527 g/mol. The molecule has 0 atom stereocenters. The summed E-state index contributed by atoms with van der Waals surface area (Å²) in [7, 11) is -0.232. The van der Waals surface area contributed by atoms with E-state index in [-0.39, 0.29) is 31.1 Å². The van der Waals surface area contributed by atoms with Gasteiger partial charge in [-0.25, -0.2) is 0 Å². The molecule has 0 saturated carbocycles. The standard InChI is InChI=1S/C25H22N4O2SSeSi/c1-28-24(31)17(23(30)27-25(28)32)15-16-10-11-21(33-16)29-18-7-2-3-8-19(18)34(13-4-5-14-34)20-9-6-12-26-22(20)29/h2-3,6-12,15H,4-5,13-14H2,1H3,(H,27,30,32)/b17-15+. The molecule has 170 valence electrons. The second kappa shape index (κ2) is 8.13. The van der Waals surface area contributed by atoms with Crippen molar-refractivity contribution in [3.63, 3.8) is 0 Å². The Labute approximate surface area is 210 Å². The van der Waals surface area contributed by atoms with Gasteiger partial charge in [0.05, 0.1) is 0 Å². The number of benzene rings is 1. The summed E-state index contributed by atoms with van der Waals surface area (Å²) in [4.78, 5) is 33.6. The molecule has 2 saturated heterocycles. The number of hydrogen-bond acceptors (Lipinski definition) is 5. The normalized spacial score (nSPS) is 20.0. The van der Waals surface area contributed by atoms with Gasteiger partial charge in [-0.3, -0.25) is 0 Å². The predicted octanol–water partition coefficient (Wildman–Crippen LogP) is 2.54. The van der Waals surface area contributed by atoms with E-state index in [2.05, 4.69) is 52.7 Å². The van der Waals surface area contributed by atoms with Crippen LogP contribution in [0.15, 0.2) is 60.3 Å². The molecule has 0 unspecified atom stereocenters. The van der Waals surface area contributed by atoms with E-state index >= 15 is 0 Å². The fraction of sp³-hybridized carbons (Fsp3) is 0.200. The van der Waals surface area contributed by atoms with Gasteiger partial charge in [0, 0.05) is 0 Å². The maximum absolute atomic E-state index is 12.6. The molecule has 2 aromatic heterocycles. The molecule has 0 aliphatic carbocycles. The fourth-order valence-electron chi connectivity index (χ4n) is 5.45. The molecular formula is C25H22N4O2SSeSi. The Morgan fingerprint density at radius 1 is 1.06 bits per heavy atom. The molecule has 1 spiro atoms. The molecule has 0 radical (unpaired) electrons. The van der Waals surface area contributed by atoms with Crippen molar-refractivity contribution >= 4 is 84.2 Å². The Balaban J connectivity index is 1.46. The van der Waals surface area contributed by atoms with E-state index in [0.29, 0.717) is 0 Å². The van der Waals surface area contributed by atoms with Gasteiger partial charge in [0.15, 0.2) is 0 Å². The summed E-state index contributed by atoms with van der Waals surface area (Å²) in [5.41, 5.74) is 1.36. The third kappa shape index (κ3) is 3.19. The Morgan fingerprint density at radius 2 is 1.82 bits per heavy atom. The van der Waals surface area contributed by atoms with Crippen LogP contribution < -0.4 is 20.6 Å². The summed E-state index contributed by atoms with van der Waals surface area (Å²) in [6.07, 6.45) is 6.17. The molecule has 0 bridgehead atoms. The van der Waals surface area contributed by atoms with E-state index in [1.807, 2.05) is 12.3 Å². The minimum absolute atomic E-state index is 0.0896. The molecule has 2 fully saturated rings. The van der Waals surface area contributed by atoms with Crippen LogP contribution in [0.4, 0.5) is 16.1 Å². The van der Waals surface area contributed by atoms with Crippen molar-refractivity contribution in [1.29, 1.82) is 0 Å². The summed E-state index contributed by atoms with van der Waals surface area (Å²) in [5, 5.41) is 5.67. The maximum atomic E-state index is 12.6. The van der Waals surface area contributed by atoms with E-state index < -0.39 is 14.0 Å². The quantitative estimate of drug-likeness (QED) is 0.231. The number of nitrogens with zero attached hydrogens (tertiary/aromatic N) is 3. The van der Waals surface area contributed by atoms with Gasteiger partial charge in [-0.2, -0.15) is 0 Å². The van der Waals surface area contributed by atoms with Crippen LogP contribution in [0.5, 0.6) is 0 Å². The zero-order valence-corrected chi connectivity index (χ0v) is 22.1. The monoisotopic (exact) mass is 550 g/mol. The SMILES string of the molecule is CN1C(=O)/C(=C/c2ccc(N3c4ccccc4[Si]4(CCCC4)c4cccnc43)[se]2)C(=O)NC1=S. The first-order chi connectivity index (χ1) is 16.5. The number of amides is 2. The molecule has 6 rings (SSSR count). The number of likely N-dealkylation sites (N-methyl/N-ethyl adjacent to an activating group) is 1. The number of pyridine rings is 1. The van der Waals surface area contributed by atoms with Gasteiger partial charge in [-0.15, -0.1) is 0 Å². The zero-order chi connectivity index (χ0) is 23.4. The first kappa shape index (κ1) is 21.7. The predicted molar refractivity (Wildman–Crippen MR) is 141 cm³/mol. The number of fused-ring (bicyclic) bond motifs is 4. The van der Waals surface area contributed by atoms with Crippen molar-refractivity contribution in [2.24, 2.45) is 0 Å². The van der Waals surface area contributed by atoms with Crippen LogP contribution in [0.25, 0.3) is 6.08 Å². The van der Waals surface area contributed by atoms with Crippen LogP contribution in [0, 0.1) is 0 Å².